The molecule has 0 amide bonds. The Hall–Kier alpha value is -7.66. The summed E-state index contributed by atoms with van der Waals surface area (Å²) in [7, 11) is 0. The van der Waals surface area contributed by atoms with Crippen molar-refractivity contribution in [3.8, 4) is 56.2 Å². The van der Waals surface area contributed by atoms with Gasteiger partial charge in [0.25, 0.3) is 0 Å². The average molecular weight is 806 g/mol. The van der Waals surface area contributed by atoms with E-state index in [4.69, 9.17) is 15.0 Å². The molecule has 0 N–H and O–H groups in total. The zero-order valence-electron chi connectivity index (χ0n) is 33.5. The van der Waals surface area contributed by atoms with Crippen LogP contribution < -0.4 is 0 Å². The zero-order valence-corrected chi connectivity index (χ0v) is 34.3. The van der Waals surface area contributed by atoms with Gasteiger partial charge in [0.1, 0.15) is 0 Å². The van der Waals surface area contributed by atoms with Gasteiger partial charge in [-0.15, -0.1) is 0 Å². The fourth-order valence-electron chi connectivity index (χ4n) is 10.2. The topological polar surface area (TPSA) is 38.7 Å². The van der Waals surface area contributed by atoms with Crippen molar-refractivity contribution in [3.05, 3.63) is 235 Å². The van der Waals surface area contributed by atoms with E-state index in [1.807, 2.05) is 36.0 Å². The Morgan fingerprint density at radius 1 is 0.306 bits per heavy atom. The van der Waals surface area contributed by atoms with E-state index < -0.39 is 5.41 Å². The lowest BCUT2D eigenvalue weighted by Gasteiger charge is -2.40. The quantitative estimate of drug-likeness (QED) is 0.166. The molecule has 2 aliphatic rings. The first-order valence-electron chi connectivity index (χ1n) is 21.1. The van der Waals surface area contributed by atoms with Crippen LogP contribution in [0.4, 0.5) is 0 Å². The van der Waals surface area contributed by atoms with Gasteiger partial charge < -0.3 is 0 Å². The second-order valence-electron chi connectivity index (χ2n) is 16.2. The molecule has 3 heterocycles. The molecule has 0 unspecified atom stereocenters. The van der Waals surface area contributed by atoms with Crippen LogP contribution in [-0.2, 0) is 5.41 Å². The van der Waals surface area contributed by atoms with Crippen LogP contribution in [0.25, 0.3) is 88.7 Å². The average Bonchev–Trinajstić information content (AvgIpc) is 3.64. The van der Waals surface area contributed by atoms with Crippen molar-refractivity contribution in [1.29, 1.82) is 0 Å². The van der Waals surface area contributed by atoms with Crippen LogP contribution in [0.3, 0.4) is 0 Å². The number of nitrogens with zero attached hydrogens (tertiary/aromatic N) is 3. The maximum Gasteiger partial charge on any atom is 0.160 e. The lowest BCUT2D eigenvalue weighted by molar-refractivity contribution is 0.724. The molecular weight excluding hydrogens is 771 g/mol. The highest BCUT2D eigenvalue weighted by molar-refractivity contribution is 7.99. The zero-order chi connectivity index (χ0) is 40.8. The van der Waals surface area contributed by atoms with Gasteiger partial charge in [0.15, 0.2) is 5.82 Å². The summed E-state index contributed by atoms with van der Waals surface area (Å²) in [6.07, 6.45) is 0. The van der Waals surface area contributed by atoms with Crippen LogP contribution in [0, 0.1) is 0 Å². The van der Waals surface area contributed by atoms with Gasteiger partial charge in [-0.3, -0.25) is 0 Å². The first kappa shape index (κ1) is 35.1. The Balaban J connectivity index is 0.934. The number of fused-ring (bicyclic) bond motifs is 13. The van der Waals surface area contributed by atoms with E-state index in [1.165, 1.54) is 48.6 Å². The van der Waals surface area contributed by atoms with E-state index in [2.05, 4.69) is 188 Å². The number of hydrogen-bond acceptors (Lipinski definition) is 4. The summed E-state index contributed by atoms with van der Waals surface area (Å²) < 4.78 is 0. The number of para-hydroxylation sites is 2. The van der Waals surface area contributed by atoms with E-state index in [9.17, 15) is 0 Å². The van der Waals surface area contributed by atoms with E-state index in [0.717, 1.165) is 72.2 Å². The molecule has 0 saturated carbocycles. The van der Waals surface area contributed by atoms with Crippen LogP contribution >= 0.6 is 11.8 Å². The van der Waals surface area contributed by atoms with Crippen molar-refractivity contribution in [3.63, 3.8) is 0 Å². The molecule has 2 aromatic heterocycles. The third-order valence-corrected chi connectivity index (χ3v) is 14.1. The summed E-state index contributed by atoms with van der Waals surface area (Å²) >= 11 is 1.88. The maximum atomic E-state index is 5.41. The molecule has 3 nitrogen and oxygen atoms in total. The first-order chi connectivity index (χ1) is 30.7. The van der Waals surface area contributed by atoms with Gasteiger partial charge >= 0.3 is 0 Å². The molecule has 0 radical (unpaired) electrons. The van der Waals surface area contributed by atoms with E-state index in [-0.39, 0.29) is 0 Å². The lowest BCUT2D eigenvalue weighted by atomic mass is 9.67. The number of pyridine rings is 1. The summed E-state index contributed by atoms with van der Waals surface area (Å²) in [6, 6.07) is 76.7. The minimum atomic E-state index is -0.439. The summed E-state index contributed by atoms with van der Waals surface area (Å²) in [6.45, 7) is 0. The Morgan fingerprint density at radius 2 is 0.823 bits per heavy atom. The predicted octanol–water partition coefficient (Wildman–Crippen LogP) is 14.8. The Labute approximate surface area is 363 Å². The van der Waals surface area contributed by atoms with Gasteiger partial charge in [-0.1, -0.05) is 194 Å². The minimum Gasteiger partial charge on any atom is -0.247 e. The molecule has 4 heteroatoms. The Kier molecular flexibility index (Phi) is 7.75. The number of aromatic nitrogens is 3. The van der Waals surface area contributed by atoms with E-state index in [1.54, 1.807) is 0 Å². The van der Waals surface area contributed by atoms with Gasteiger partial charge in [0.2, 0.25) is 0 Å². The van der Waals surface area contributed by atoms with Gasteiger partial charge in [-0.05, 0) is 80.2 Å². The largest absolute Gasteiger partial charge is 0.247 e. The molecule has 1 spiro atoms. The summed E-state index contributed by atoms with van der Waals surface area (Å²) in [5.74, 6) is 0.728. The molecule has 1 aliphatic heterocycles. The Bertz CT molecular complexity index is 3550. The van der Waals surface area contributed by atoms with Crippen molar-refractivity contribution < 1.29 is 0 Å². The van der Waals surface area contributed by atoms with E-state index >= 15 is 0 Å². The maximum absolute atomic E-state index is 5.41. The molecule has 288 valence electrons. The van der Waals surface area contributed by atoms with E-state index in [0.29, 0.717) is 0 Å². The summed E-state index contributed by atoms with van der Waals surface area (Å²) in [5, 5.41) is 4.58. The molecule has 62 heavy (non-hydrogen) atoms. The molecule has 0 saturated heterocycles. The van der Waals surface area contributed by atoms with Crippen LogP contribution in [0.15, 0.2) is 222 Å². The van der Waals surface area contributed by atoms with Crippen LogP contribution in [0.1, 0.15) is 22.3 Å². The Morgan fingerprint density at radius 3 is 1.50 bits per heavy atom. The minimum absolute atomic E-state index is 0.439. The molecule has 1 aliphatic carbocycles. The fraction of sp³-hybridized carbons (Fsp3) is 0.0172. The summed E-state index contributed by atoms with van der Waals surface area (Å²) in [4.78, 5) is 18.0. The fourth-order valence-corrected chi connectivity index (χ4v) is 11.4. The van der Waals surface area contributed by atoms with Gasteiger partial charge in [-0.2, -0.15) is 0 Å². The first-order valence-corrected chi connectivity index (χ1v) is 21.9. The molecule has 0 fully saturated rings. The second-order valence-corrected chi connectivity index (χ2v) is 17.3. The number of rotatable bonds is 4. The highest BCUT2D eigenvalue weighted by atomic mass is 32.2. The smallest absolute Gasteiger partial charge is 0.160 e. The summed E-state index contributed by atoms with van der Waals surface area (Å²) in [5.41, 5.74) is 16.8. The van der Waals surface area contributed by atoms with Gasteiger partial charge in [0.05, 0.1) is 27.8 Å². The monoisotopic (exact) mass is 805 g/mol. The highest BCUT2D eigenvalue weighted by Gasteiger charge is 2.50. The molecular formula is C58H35N3S. The third kappa shape index (κ3) is 5.17. The van der Waals surface area contributed by atoms with Crippen molar-refractivity contribution in [2.45, 2.75) is 15.2 Å². The number of benzene rings is 9. The van der Waals surface area contributed by atoms with Crippen LogP contribution in [0.2, 0.25) is 0 Å². The predicted molar refractivity (Wildman–Crippen MR) is 256 cm³/mol. The molecule has 13 rings (SSSR count). The molecule has 11 aromatic rings. The van der Waals surface area contributed by atoms with Gasteiger partial charge in [-0.25, -0.2) is 15.0 Å². The molecule has 0 bridgehead atoms. The van der Waals surface area contributed by atoms with Crippen LogP contribution in [-0.4, -0.2) is 15.0 Å². The molecule has 9 aromatic carbocycles. The SMILES string of the molecule is c1ccc(-c2nc(-c3ccc(-c4ccc(-c5nc6ccccc6c6cc7c(cc56)Sc5ccccc5C75c6ccccc6-c6ccccc65)cc4)cc3)c3ccccc3n2)cc1. The van der Waals surface area contributed by atoms with Crippen molar-refractivity contribution in [2.75, 3.05) is 0 Å². The van der Waals surface area contributed by atoms with Crippen LogP contribution in [0.5, 0.6) is 0 Å². The lowest BCUT2D eigenvalue weighted by Crippen LogP contribution is -2.32. The van der Waals surface area contributed by atoms with Crippen molar-refractivity contribution in [1.82, 2.24) is 15.0 Å². The standard InChI is InChI=1S/C58H35N3S/c1-2-14-40(15-3-1)57-60-52-24-12-7-19-44(52)55(61-57)38-30-26-36(27-31-38)37-28-32-39(33-29-37)56-46-35-54-50(34-45(46)43-18-6-11-23-51(43)59-56)58(49-22-10-13-25-53(49)62-54)47-20-8-4-16-41(47)42-17-5-9-21-48(42)58/h1-35H. The third-order valence-electron chi connectivity index (χ3n) is 13.0. The van der Waals surface area contributed by atoms with Crippen molar-refractivity contribution >= 4 is 44.3 Å². The second kappa shape index (κ2) is 13.7. The molecule has 0 atom stereocenters. The van der Waals surface area contributed by atoms with Gasteiger partial charge in [0, 0.05) is 42.6 Å². The normalized spacial score (nSPS) is 13.2. The van der Waals surface area contributed by atoms with Crippen molar-refractivity contribution in [2.24, 2.45) is 0 Å². The number of hydrogen-bond donors (Lipinski definition) is 0. The highest BCUT2D eigenvalue weighted by Crippen LogP contribution is 2.62.